The number of hydrogen-bond donors (Lipinski definition) is 0. The number of pyridine rings is 2. The third-order valence-corrected chi connectivity index (χ3v) is 2.84. The van der Waals surface area contributed by atoms with Crippen LogP contribution in [0.3, 0.4) is 0 Å². The van der Waals surface area contributed by atoms with Gasteiger partial charge in [0.05, 0.1) is 10.6 Å². The van der Waals surface area contributed by atoms with Gasteiger partial charge in [0.2, 0.25) is 0 Å². The molecular weight excluding hydrogens is 250 g/mol. The van der Waals surface area contributed by atoms with Crippen LogP contribution in [0.25, 0.3) is 0 Å². The van der Waals surface area contributed by atoms with Crippen LogP contribution >= 0.6 is 11.6 Å². The predicted molar refractivity (Wildman–Crippen MR) is 70.8 cm³/mol. The lowest BCUT2D eigenvalue weighted by atomic mass is 10.2. The summed E-state index contributed by atoms with van der Waals surface area (Å²) in [5.41, 5.74) is 1.25. The number of carbonyl (C=O) groups is 1. The van der Waals surface area contributed by atoms with Crippen LogP contribution in [0.15, 0.2) is 43.0 Å². The van der Waals surface area contributed by atoms with E-state index < -0.39 is 0 Å². The van der Waals surface area contributed by atoms with E-state index in [0.717, 1.165) is 5.69 Å². The molecule has 0 atom stereocenters. The van der Waals surface area contributed by atoms with E-state index in [0.29, 0.717) is 17.1 Å². The fraction of sp³-hybridized carbons (Fsp3) is 0.154. The second kappa shape index (κ2) is 5.60. The Morgan fingerprint density at radius 2 is 1.89 bits per heavy atom. The molecule has 0 bridgehead atoms. The van der Waals surface area contributed by atoms with Crippen molar-refractivity contribution in [1.29, 1.82) is 0 Å². The van der Waals surface area contributed by atoms with Crippen LogP contribution in [0, 0.1) is 0 Å². The Morgan fingerprint density at radius 1 is 1.22 bits per heavy atom. The third kappa shape index (κ3) is 2.49. The molecular formula is C13H12ClN3O. The maximum absolute atomic E-state index is 12.4. The van der Waals surface area contributed by atoms with Gasteiger partial charge in [-0.05, 0) is 25.1 Å². The normalized spacial score (nSPS) is 10.1. The van der Waals surface area contributed by atoms with E-state index >= 15 is 0 Å². The van der Waals surface area contributed by atoms with E-state index in [1.165, 1.54) is 6.20 Å². The summed E-state index contributed by atoms with van der Waals surface area (Å²) >= 11 is 5.99. The second-order valence-corrected chi connectivity index (χ2v) is 4.02. The predicted octanol–water partition coefficient (Wildman–Crippen LogP) is 2.80. The van der Waals surface area contributed by atoms with E-state index in [4.69, 9.17) is 11.6 Å². The number of amides is 1. The van der Waals surface area contributed by atoms with Crippen molar-refractivity contribution in [2.45, 2.75) is 6.92 Å². The molecule has 0 aliphatic rings. The highest BCUT2D eigenvalue weighted by Crippen LogP contribution is 2.20. The van der Waals surface area contributed by atoms with Crippen LogP contribution in [-0.4, -0.2) is 22.4 Å². The first-order valence-electron chi connectivity index (χ1n) is 5.55. The van der Waals surface area contributed by atoms with Gasteiger partial charge in [0.15, 0.2) is 0 Å². The van der Waals surface area contributed by atoms with Crippen LogP contribution in [0.5, 0.6) is 0 Å². The van der Waals surface area contributed by atoms with Gasteiger partial charge in [0.25, 0.3) is 5.91 Å². The minimum atomic E-state index is -0.142. The van der Waals surface area contributed by atoms with Gasteiger partial charge in [0, 0.05) is 37.0 Å². The van der Waals surface area contributed by atoms with Gasteiger partial charge in [-0.3, -0.25) is 14.8 Å². The lowest BCUT2D eigenvalue weighted by Crippen LogP contribution is -2.30. The monoisotopic (exact) mass is 261 g/mol. The fourth-order valence-electron chi connectivity index (χ4n) is 1.66. The standard InChI is InChI=1S/C13H12ClN3O/c1-2-17(10-3-6-15-7-4-10)13(18)11-5-8-16-9-12(11)14/h3-9H,2H2,1H3. The molecule has 18 heavy (non-hydrogen) atoms. The molecule has 5 heteroatoms. The summed E-state index contributed by atoms with van der Waals surface area (Å²) in [6.45, 7) is 2.47. The topological polar surface area (TPSA) is 46.1 Å². The highest BCUT2D eigenvalue weighted by molar-refractivity contribution is 6.34. The maximum Gasteiger partial charge on any atom is 0.259 e. The third-order valence-electron chi connectivity index (χ3n) is 2.54. The van der Waals surface area contributed by atoms with Crippen molar-refractivity contribution in [2.75, 3.05) is 11.4 Å². The first-order valence-corrected chi connectivity index (χ1v) is 5.93. The first kappa shape index (κ1) is 12.5. The summed E-state index contributed by atoms with van der Waals surface area (Å²) in [5.74, 6) is -0.142. The molecule has 4 nitrogen and oxygen atoms in total. The van der Waals surface area contributed by atoms with Crippen LogP contribution in [0.1, 0.15) is 17.3 Å². The molecule has 2 rings (SSSR count). The SMILES string of the molecule is CCN(C(=O)c1ccncc1Cl)c1ccncc1. The average Bonchev–Trinajstić information content (AvgIpc) is 2.41. The summed E-state index contributed by atoms with van der Waals surface area (Å²) in [6.07, 6.45) is 6.33. The van der Waals surface area contributed by atoms with Gasteiger partial charge in [-0.2, -0.15) is 0 Å². The van der Waals surface area contributed by atoms with Crippen LogP contribution in [-0.2, 0) is 0 Å². The summed E-state index contributed by atoms with van der Waals surface area (Å²) in [6, 6.07) is 5.20. The molecule has 0 aliphatic heterocycles. The quantitative estimate of drug-likeness (QED) is 0.854. The minimum Gasteiger partial charge on any atom is -0.308 e. The highest BCUT2D eigenvalue weighted by atomic mass is 35.5. The van der Waals surface area contributed by atoms with Crippen molar-refractivity contribution in [3.8, 4) is 0 Å². The molecule has 0 unspecified atom stereocenters. The molecule has 2 aromatic rings. The summed E-state index contributed by atoms with van der Waals surface area (Å²) in [5, 5.41) is 0.356. The van der Waals surface area contributed by atoms with Crippen molar-refractivity contribution in [1.82, 2.24) is 9.97 Å². The van der Waals surface area contributed by atoms with Gasteiger partial charge in [-0.1, -0.05) is 11.6 Å². The smallest absolute Gasteiger partial charge is 0.259 e. The maximum atomic E-state index is 12.4. The fourth-order valence-corrected chi connectivity index (χ4v) is 1.86. The number of rotatable bonds is 3. The Morgan fingerprint density at radius 3 is 2.50 bits per heavy atom. The lowest BCUT2D eigenvalue weighted by Gasteiger charge is -2.21. The van der Waals surface area contributed by atoms with Crippen molar-refractivity contribution in [3.05, 3.63) is 53.6 Å². The van der Waals surface area contributed by atoms with Crippen molar-refractivity contribution < 1.29 is 4.79 Å². The molecule has 1 amide bonds. The lowest BCUT2D eigenvalue weighted by molar-refractivity contribution is 0.0988. The van der Waals surface area contributed by atoms with E-state index in [-0.39, 0.29) is 5.91 Å². The summed E-state index contributed by atoms with van der Waals surface area (Å²) in [4.78, 5) is 21.8. The van der Waals surface area contributed by atoms with E-state index in [1.807, 2.05) is 6.92 Å². The zero-order valence-corrected chi connectivity index (χ0v) is 10.6. The Labute approximate surface area is 110 Å². The summed E-state index contributed by atoms with van der Waals surface area (Å²) in [7, 11) is 0. The minimum absolute atomic E-state index is 0.142. The number of nitrogens with zero attached hydrogens (tertiary/aromatic N) is 3. The molecule has 0 fully saturated rings. The Bertz CT molecular complexity index is 545. The number of carbonyl (C=O) groups excluding carboxylic acids is 1. The van der Waals surface area contributed by atoms with Crippen LogP contribution in [0.4, 0.5) is 5.69 Å². The molecule has 2 aromatic heterocycles. The zero-order valence-electron chi connectivity index (χ0n) is 9.88. The number of aromatic nitrogens is 2. The van der Waals surface area contributed by atoms with Gasteiger partial charge in [0.1, 0.15) is 0 Å². The molecule has 0 saturated carbocycles. The number of hydrogen-bond acceptors (Lipinski definition) is 3. The zero-order chi connectivity index (χ0) is 13.0. The van der Waals surface area contributed by atoms with Crippen molar-refractivity contribution >= 4 is 23.2 Å². The Hall–Kier alpha value is -1.94. The molecule has 92 valence electrons. The Balaban J connectivity index is 2.35. The molecule has 0 N–H and O–H groups in total. The van der Waals surface area contributed by atoms with Gasteiger partial charge >= 0.3 is 0 Å². The van der Waals surface area contributed by atoms with E-state index in [2.05, 4.69) is 9.97 Å². The van der Waals surface area contributed by atoms with Crippen LogP contribution < -0.4 is 4.90 Å². The molecule has 0 aromatic carbocycles. The molecule has 0 radical (unpaired) electrons. The van der Waals surface area contributed by atoms with E-state index in [1.54, 1.807) is 41.7 Å². The molecule has 2 heterocycles. The van der Waals surface area contributed by atoms with Crippen molar-refractivity contribution in [3.63, 3.8) is 0 Å². The largest absolute Gasteiger partial charge is 0.308 e. The molecule has 0 spiro atoms. The van der Waals surface area contributed by atoms with Gasteiger partial charge in [-0.25, -0.2) is 0 Å². The van der Waals surface area contributed by atoms with Gasteiger partial charge < -0.3 is 4.90 Å². The highest BCUT2D eigenvalue weighted by Gasteiger charge is 2.18. The molecule has 0 aliphatic carbocycles. The molecule has 0 saturated heterocycles. The summed E-state index contributed by atoms with van der Waals surface area (Å²) < 4.78 is 0. The van der Waals surface area contributed by atoms with E-state index in [9.17, 15) is 4.79 Å². The average molecular weight is 262 g/mol. The van der Waals surface area contributed by atoms with Gasteiger partial charge in [-0.15, -0.1) is 0 Å². The Kier molecular flexibility index (Phi) is 3.89. The number of halogens is 1. The van der Waals surface area contributed by atoms with Crippen molar-refractivity contribution in [2.24, 2.45) is 0 Å². The first-order chi connectivity index (χ1) is 8.74. The van der Waals surface area contributed by atoms with Crippen LogP contribution in [0.2, 0.25) is 5.02 Å². The second-order valence-electron chi connectivity index (χ2n) is 3.61. The number of anilines is 1.